The summed E-state index contributed by atoms with van der Waals surface area (Å²) in [6.07, 6.45) is 2.05. The average Bonchev–Trinajstić information content (AvgIpc) is 3.55. The number of hydrogen-bond acceptors (Lipinski definition) is 4. The van der Waals surface area contributed by atoms with Crippen molar-refractivity contribution >= 4 is 22.8 Å². The van der Waals surface area contributed by atoms with Crippen molar-refractivity contribution in [1.82, 2.24) is 10.6 Å². The molecule has 6 nitrogen and oxygen atoms in total. The zero-order valence-electron chi connectivity index (χ0n) is 19.3. The van der Waals surface area contributed by atoms with E-state index in [0.717, 1.165) is 30.6 Å². The van der Waals surface area contributed by atoms with E-state index < -0.39 is 0 Å². The fraction of sp³-hybridized carbons (Fsp3) is 0.214. The Kier molecular flexibility index (Phi) is 6.33. The smallest absolute Gasteiger partial charge is 0.255 e. The summed E-state index contributed by atoms with van der Waals surface area (Å²) in [7, 11) is 1.55. The van der Waals surface area contributed by atoms with Crippen LogP contribution in [-0.2, 0) is 4.74 Å². The van der Waals surface area contributed by atoms with Gasteiger partial charge >= 0.3 is 0 Å². The molecule has 1 saturated heterocycles. The lowest BCUT2D eigenvalue weighted by molar-refractivity contribution is 0.0857. The third-order valence-corrected chi connectivity index (χ3v) is 6.22. The number of nitrogens with one attached hydrogen (secondary N) is 2. The van der Waals surface area contributed by atoms with E-state index in [2.05, 4.69) is 10.6 Å². The number of rotatable bonds is 6. The number of fused-ring (bicyclic) bond motifs is 1. The fourth-order valence-corrected chi connectivity index (χ4v) is 4.39. The highest BCUT2D eigenvalue weighted by molar-refractivity contribution is 6.11. The van der Waals surface area contributed by atoms with E-state index in [-0.39, 0.29) is 23.7 Å². The lowest BCUT2D eigenvalue weighted by atomic mass is 9.99. The molecule has 0 radical (unpaired) electrons. The molecule has 1 aromatic heterocycles. The molecule has 1 fully saturated rings. The van der Waals surface area contributed by atoms with Gasteiger partial charge in [0.05, 0.1) is 11.7 Å². The minimum atomic E-state index is -0.367. The van der Waals surface area contributed by atoms with Gasteiger partial charge in [0.15, 0.2) is 0 Å². The lowest BCUT2D eigenvalue weighted by Crippen LogP contribution is -2.31. The fourth-order valence-electron chi connectivity index (χ4n) is 4.39. The standard InChI is InChI=1S/C28H25FN2O4/c1-30-28(33)25-23-15-19(9-12-24(23)35-26(25)17-7-10-21(29)11-8-17)18-4-2-5-20(14-18)27(32)31-16-22-6-3-13-34-22/h2,4-5,7-12,14-15,22H,3,6,13,16H2,1H3,(H,30,33)(H,31,32). The Bertz CT molecular complexity index is 1390. The Morgan fingerprint density at radius 3 is 2.49 bits per heavy atom. The second-order valence-corrected chi connectivity index (χ2v) is 8.53. The summed E-state index contributed by atoms with van der Waals surface area (Å²) in [5.74, 6) is -0.453. The molecule has 1 aliphatic rings. The molecule has 35 heavy (non-hydrogen) atoms. The maximum Gasteiger partial charge on any atom is 0.255 e. The van der Waals surface area contributed by atoms with Crippen molar-refractivity contribution in [3.63, 3.8) is 0 Å². The highest BCUT2D eigenvalue weighted by Crippen LogP contribution is 2.36. The minimum Gasteiger partial charge on any atom is -0.455 e. The van der Waals surface area contributed by atoms with Gasteiger partial charge in [-0.15, -0.1) is 0 Å². The van der Waals surface area contributed by atoms with Crippen LogP contribution < -0.4 is 10.6 Å². The van der Waals surface area contributed by atoms with E-state index in [1.165, 1.54) is 12.1 Å². The number of benzene rings is 3. The number of ether oxygens (including phenoxy) is 1. The molecule has 2 amide bonds. The predicted molar refractivity (Wildman–Crippen MR) is 132 cm³/mol. The second-order valence-electron chi connectivity index (χ2n) is 8.53. The number of carbonyl (C=O) groups excluding carboxylic acids is 2. The Hall–Kier alpha value is -3.97. The molecule has 5 rings (SSSR count). The number of carbonyl (C=O) groups is 2. The van der Waals surface area contributed by atoms with Crippen molar-refractivity contribution in [3.05, 3.63) is 83.7 Å². The zero-order valence-corrected chi connectivity index (χ0v) is 19.3. The van der Waals surface area contributed by atoms with Crippen LogP contribution in [0.4, 0.5) is 4.39 Å². The molecule has 0 aliphatic carbocycles. The monoisotopic (exact) mass is 472 g/mol. The molecule has 4 aromatic rings. The maximum absolute atomic E-state index is 13.4. The van der Waals surface area contributed by atoms with Crippen LogP contribution in [0.25, 0.3) is 33.4 Å². The summed E-state index contributed by atoms with van der Waals surface area (Å²) in [4.78, 5) is 25.5. The SMILES string of the molecule is CNC(=O)c1c(-c2ccc(F)cc2)oc2ccc(-c3cccc(C(=O)NCC4CCCO4)c3)cc12. The van der Waals surface area contributed by atoms with Crippen LogP contribution in [0.2, 0.25) is 0 Å². The van der Waals surface area contributed by atoms with Gasteiger partial charge in [-0.2, -0.15) is 0 Å². The number of amides is 2. The van der Waals surface area contributed by atoms with E-state index in [0.29, 0.717) is 40.0 Å². The van der Waals surface area contributed by atoms with Crippen LogP contribution >= 0.6 is 0 Å². The molecular formula is C28H25FN2O4. The quantitative estimate of drug-likeness (QED) is 0.406. The summed E-state index contributed by atoms with van der Waals surface area (Å²) in [6, 6.07) is 18.7. The van der Waals surface area contributed by atoms with Gasteiger partial charge in [0.1, 0.15) is 17.2 Å². The van der Waals surface area contributed by atoms with Gasteiger partial charge in [-0.1, -0.05) is 18.2 Å². The summed E-state index contributed by atoms with van der Waals surface area (Å²) in [5.41, 5.74) is 3.74. The molecular weight excluding hydrogens is 447 g/mol. The van der Waals surface area contributed by atoms with Crippen molar-refractivity contribution in [1.29, 1.82) is 0 Å². The maximum atomic E-state index is 13.4. The van der Waals surface area contributed by atoms with Gasteiger partial charge in [-0.25, -0.2) is 4.39 Å². The highest BCUT2D eigenvalue weighted by atomic mass is 19.1. The van der Waals surface area contributed by atoms with Crippen LogP contribution in [0.3, 0.4) is 0 Å². The van der Waals surface area contributed by atoms with E-state index in [9.17, 15) is 14.0 Å². The van der Waals surface area contributed by atoms with E-state index in [1.807, 2.05) is 30.3 Å². The summed E-state index contributed by atoms with van der Waals surface area (Å²) >= 11 is 0. The molecule has 1 atom stereocenters. The predicted octanol–water partition coefficient (Wildman–Crippen LogP) is 5.17. The first-order chi connectivity index (χ1) is 17.0. The lowest BCUT2D eigenvalue weighted by Gasteiger charge is -2.11. The molecule has 2 N–H and O–H groups in total. The molecule has 2 heterocycles. The van der Waals surface area contributed by atoms with E-state index in [4.69, 9.17) is 9.15 Å². The Labute approximate surface area is 202 Å². The average molecular weight is 473 g/mol. The van der Waals surface area contributed by atoms with Crippen molar-refractivity contribution < 1.29 is 23.1 Å². The van der Waals surface area contributed by atoms with Gasteiger partial charge in [-0.05, 0) is 72.5 Å². The number of halogens is 1. The highest BCUT2D eigenvalue weighted by Gasteiger charge is 2.22. The Morgan fingerprint density at radius 1 is 0.971 bits per heavy atom. The van der Waals surface area contributed by atoms with E-state index >= 15 is 0 Å². The number of hydrogen-bond donors (Lipinski definition) is 2. The molecule has 7 heteroatoms. The third kappa shape index (κ3) is 4.68. The van der Waals surface area contributed by atoms with Crippen LogP contribution in [0.15, 0.2) is 71.1 Å². The zero-order chi connectivity index (χ0) is 24.4. The normalized spacial score (nSPS) is 15.3. The first-order valence-electron chi connectivity index (χ1n) is 11.6. The van der Waals surface area contributed by atoms with Gasteiger partial charge in [-0.3, -0.25) is 9.59 Å². The summed E-state index contributed by atoms with van der Waals surface area (Å²) < 4.78 is 25.0. The van der Waals surface area contributed by atoms with Gasteiger partial charge in [0, 0.05) is 36.7 Å². The molecule has 0 spiro atoms. The molecule has 1 aliphatic heterocycles. The molecule has 0 bridgehead atoms. The topological polar surface area (TPSA) is 80.6 Å². The van der Waals surface area contributed by atoms with Gasteiger partial charge in [0.25, 0.3) is 11.8 Å². The summed E-state index contributed by atoms with van der Waals surface area (Å²) in [5, 5.41) is 6.25. The molecule has 178 valence electrons. The Morgan fingerprint density at radius 2 is 1.74 bits per heavy atom. The number of furan rings is 1. The van der Waals surface area contributed by atoms with Gasteiger partial charge < -0.3 is 19.8 Å². The Balaban J connectivity index is 1.49. The van der Waals surface area contributed by atoms with Crippen LogP contribution in [0, 0.1) is 5.82 Å². The molecule has 1 unspecified atom stereocenters. The largest absolute Gasteiger partial charge is 0.455 e. The van der Waals surface area contributed by atoms with Crippen molar-refractivity contribution in [2.75, 3.05) is 20.2 Å². The van der Waals surface area contributed by atoms with Crippen LogP contribution in [0.5, 0.6) is 0 Å². The van der Waals surface area contributed by atoms with Gasteiger partial charge in [0.2, 0.25) is 0 Å². The van der Waals surface area contributed by atoms with Crippen LogP contribution in [0.1, 0.15) is 33.6 Å². The molecule has 0 saturated carbocycles. The van der Waals surface area contributed by atoms with Crippen molar-refractivity contribution in [2.45, 2.75) is 18.9 Å². The second kappa shape index (κ2) is 9.72. The minimum absolute atomic E-state index is 0.0732. The first kappa shape index (κ1) is 22.8. The van der Waals surface area contributed by atoms with Crippen molar-refractivity contribution in [2.24, 2.45) is 0 Å². The van der Waals surface area contributed by atoms with Crippen molar-refractivity contribution in [3.8, 4) is 22.5 Å². The third-order valence-electron chi connectivity index (χ3n) is 6.22. The molecule has 3 aromatic carbocycles. The van der Waals surface area contributed by atoms with Crippen LogP contribution in [-0.4, -0.2) is 38.1 Å². The van der Waals surface area contributed by atoms with E-state index in [1.54, 1.807) is 31.3 Å². The first-order valence-corrected chi connectivity index (χ1v) is 11.6. The summed E-state index contributed by atoms with van der Waals surface area (Å²) in [6.45, 7) is 1.24.